The summed E-state index contributed by atoms with van der Waals surface area (Å²) < 4.78 is 24.5. The number of guanidine groups is 1. The molecule has 0 heterocycles. The number of nitrogens with two attached hydrogens (primary N) is 1. The van der Waals surface area contributed by atoms with Crippen molar-refractivity contribution in [2.75, 3.05) is 12.3 Å². The molecule has 0 saturated heterocycles. The second kappa shape index (κ2) is 6.02. The summed E-state index contributed by atoms with van der Waals surface area (Å²) >= 11 is 3.22. The van der Waals surface area contributed by atoms with Gasteiger partial charge in [-0.25, -0.2) is 8.42 Å². The van der Waals surface area contributed by atoms with Crippen LogP contribution in [0.2, 0.25) is 0 Å². The van der Waals surface area contributed by atoms with Gasteiger partial charge in [-0.15, -0.1) is 0 Å². The summed E-state index contributed by atoms with van der Waals surface area (Å²) in [6.45, 7) is 0.374. The maximum atomic E-state index is 12.0. The third-order valence-electron chi connectivity index (χ3n) is 2.08. The third-order valence-corrected chi connectivity index (χ3v) is 4.88. The van der Waals surface area contributed by atoms with Crippen molar-refractivity contribution >= 4 is 31.7 Å². The molecular weight excluding hydrogens is 306 g/mol. The quantitative estimate of drug-likeness (QED) is 0.430. The molecule has 0 aliphatic heterocycles. The van der Waals surface area contributed by atoms with Crippen LogP contribution in [0, 0.1) is 5.41 Å². The first-order valence-electron chi connectivity index (χ1n) is 4.98. The molecule has 1 aromatic rings. The van der Waals surface area contributed by atoms with E-state index in [0.29, 0.717) is 22.3 Å². The van der Waals surface area contributed by atoms with E-state index in [9.17, 15) is 8.42 Å². The summed E-state index contributed by atoms with van der Waals surface area (Å²) in [6, 6.07) is 6.71. The Labute approximate surface area is 109 Å². The number of halogens is 1. The molecule has 0 atom stereocenters. The average Bonchev–Trinajstić information content (AvgIpc) is 2.24. The third kappa shape index (κ3) is 4.35. The highest BCUT2D eigenvalue weighted by Gasteiger charge is 2.16. The molecule has 1 aromatic carbocycles. The van der Waals surface area contributed by atoms with Crippen molar-refractivity contribution < 1.29 is 8.42 Å². The van der Waals surface area contributed by atoms with Gasteiger partial charge in [0.25, 0.3) is 0 Å². The van der Waals surface area contributed by atoms with Gasteiger partial charge in [0.05, 0.1) is 10.6 Å². The fourth-order valence-electron chi connectivity index (χ4n) is 1.29. The summed E-state index contributed by atoms with van der Waals surface area (Å²) in [5.41, 5.74) is 5.09. The van der Waals surface area contributed by atoms with E-state index in [1.54, 1.807) is 24.3 Å². The van der Waals surface area contributed by atoms with Crippen LogP contribution >= 0.6 is 15.9 Å². The van der Waals surface area contributed by atoms with Gasteiger partial charge >= 0.3 is 0 Å². The molecule has 0 saturated carbocycles. The molecule has 0 aliphatic rings. The van der Waals surface area contributed by atoms with Gasteiger partial charge in [0.1, 0.15) is 0 Å². The van der Waals surface area contributed by atoms with Gasteiger partial charge in [-0.2, -0.15) is 0 Å². The minimum Gasteiger partial charge on any atom is -0.370 e. The SMILES string of the molecule is N=C(N)NCCCS(=O)(=O)c1ccccc1Br. The normalized spacial score (nSPS) is 11.1. The van der Waals surface area contributed by atoms with Gasteiger partial charge in [-0.05, 0) is 34.5 Å². The number of hydrogen-bond donors (Lipinski definition) is 3. The maximum Gasteiger partial charge on any atom is 0.185 e. The first kappa shape index (κ1) is 14.0. The van der Waals surface area contributed by atoms with E-state index in [4.69, 9.17) is 11.1 Å². The molecule has 4 N–H and O–H groups in total. The van der Waals surface area contributed by atoms with E-state index in [0.717, 1.165) is 0 Å². The average molecular weight is 320 g/mol. The van der Waals surface area contributed by atoms with Crippen molar-refractivity contribution in [3.63, 3.8) is 0 Å². The fourth-order valence-corrected chi connectivity index (χ4v) is 3.71. The lowest BCUT2D eigenvalue weighted by Gasteiger charge is -2.07. The lowest BCUT2D eigenvalue weighted by atomic mass is 10.4. The molecule has 7 heteroatoms. The second-order valence-electron chi connectivity index (χ2n) is 3.44. The molecule has 0 amide bonds. The fraction of sp³-hybridized carbons (Fsp3) is 0.300. The van der Waals surface area contributed by atoms with Crippen molar-refractivity contribution in [1.82, 2.24) is 5.32 Å². The van der Waals surface area contributed by atoms with E-state index in [1.165, 1.54) is 0 Å². The summed E-state index contributed by atoms with van der Waals surface area (Å²) in [5.74, 6) is -0.126. The number of benzene rings is 1. The van der Waals surface area contributed by atoms with Crippen LogP contribution < -0.4 is 11.1 Å². The monoisotopic (exact) mass is 319 g/mol. The van der Waals surface area contributed by atoms with Gasteiger partial charge in [-0.3, -0.25) is 5.41 Å². The highest BCUT2D eigenvalue weighted by Crippen LogP contribution is 2.22. The van der Waals surface area contributed by atoms with Crippen LogP contribution in [0.4, 0.5) is 0 Å². The molecule has 0 fully saturated rings. The van der Waals surface area contributed by atoms with E-state index in [-0.39, 0.29) is 11.7 Å². The van der Waals surface area contributed by atoms with Crippen LogP contribution in [0.1, 0.15) is 6.42 Å². The smallest absolute Gasteiger partial charge is 0.185 e. The van der Waals surface area contributed by atoms with Crippen molar-refractivity contribution in [2.45, 2.75) is 11.3 Å². The van der Waals surface area contributed by atoms with E-state index >= 15 is 0 Å². The predicted molar refractivity (Wildman–Crippen MR) is 70.7 cm³/mol. The van der Waals surface area contributed by atoms with Crippen molar-refractivity contribution in [2.24, 2.45) is 5.73 Å². The maximum absolute atomic E-state index is 12.0. The van der Waals surface area contributed by atoms with Crippen molar-refractivity contribution in [3.8, 4) is 0 Å². The Morgan fingerprint density at radius 3 is 2.65 bits per heavy atom. The Morgan fingerprint density at radius 2 is 2.06 bits per heavy atom. The number of rotatable bonds is 5. The first-order valence-corrected chi connectivity index (χ1v) is 7.43. The Hall–Kier alpha value is -1.08. The number of nitrogens with one attached hydrogen (secondary N) is 2. The molecule has 5 nitrogen and oxygen atoms in total. The van der Waals surface area contributed by atoms with Gasteiger partial charge in [0, 0.05) is 11.0 Å². The van der Waals surface area contributed by atoms with Gasteiger partial charge in [-0.1, -0.05) is 12.1 Å². The summed E-state index contributed by atoms with van der Waals surface area (Å²) in [5, 5.41) is 9.51. The lowest BCUT2D eigenvalue weighted by Crippen LogP contribution is -2.31. The highest BCUT2D eigenvalue weighted by molar-refractivity contribution is 9.10. The molecule has 0 unspecified atom stereocenters. The molecule has 0 radical (unpaired) electrons. The Bertz CT molecular complexity index is 502. The van der Waals surface area contributed by atoms with E-state index in [2.05, 4.69) is 21.2 Å². The van der Waals surface area contributed by atoms with Gasteiger partial charge in [0.15, 0.2) is 15.8 Å². The molecule has 0 spiro atoms. The molecule has 1 rings (SSSR count). The minimum absolute atomic E-state index is 0.0237. The van der Waals surface area contributed by atoms with Crippen molar-refractivity contribution in [1.29, 1.82) is 5.41 Å². The Kier molecular flexibility index (Phi) is 4.95. The largest absolute Gasteiger partial charge is 0.370 e. The van der Waals surface area contributed by atoms with Gasteiger partial charge in [0.2, 0.25) is 0 Å². The topological polar surface area (TPSA) is 96.0 Å². The summed E-state index contributed by atoms with van der Waals surface area (Å²) in [4.78, 5) is 0.294. The molecular formula is C10H14BrN3O2S. The molecule has 0 aliphatic carbocycles. The molecule has 0 aromatic heterocycles. The van der Waals surface area contributed by atoms with Crippen LogP contribution in [0.3, 0.4) is 0 Å². The molecule has 17 heavy (non-hydrogen) atoms. The summed E-state index contributed by atoms with van der Waals surface area (Å²) in [6.07, 6.45) is 0.406. The van der Waals surface area contributed by atoms with Gasteiger partial charge < -0.3 is 11.1 Å². The Morgan fingerprint density at radius 1 is 1.41 bits per heavy atom. The number of hydrogen-bond acceptors (Lipinski definition) is 3. The zero-order valence-corrected chi connectivity index (χ0v) is 11.5. The van der Waals surface area contributed by atoms with E-state index in [1.807, 2.05) is 0 Å². The van der Waals surface area contributed by atoms with Crippen LogP contribution in [0.25, 0.3) is 0 Å². The van der Waals surface area contributed by atoms with Crippen LogP contribution in [-0.4, -0.2) is 26.7 Å². The van der Waals surface area contributed by atoms with Crippen molar-refractivity contribution in [3.05, 3.63) is 28.7 Å². The van der Waals surface area contributed by atoms with Crippen LogP contribution in [0.5, 0.6) is 0 Å². The van der Waals surface area contributed by atoms with E-state index < -0.39 is 9.84 Å². The minimum atomic E-state index is -3.29. The highest BCUT2D eigenvalue weighted by atomic mass is 79.9. The van der Waals surface area contributed by atoms with Crippen LogP contribution in [-0.2, 0) is 9.84 Å². The second-order valence-corrected chi connectivity index (χ2v) is 6.38. The molecule has 94 valence electrons. The Balaban J connectivity index is 2.64. The predicted octanol–water partition coefficient (Wildman–Crippen LogP) is 1.10. The zero-order chi connectivity index (χ0) is 12.9. The molecule has 0 bridgehead atoms. The number of sulfone groups is 1. The lowest BCUT2D eigenvalue weighted by molar-refractivity contribution is 0.592. The summed E-state index contributed by atoms with van der Waals surface area (Å²) in [7, 11) is -3.29. The zero-order valence-electron chi connectivity index (χ0n) is 9.11. The van der Waals surface area contributed by atoms with Crippen LogP contribution in [0.15, 0.2) is 33.6 Å². The standard InChI is InChI=1S/C10H14BrN3O2S/c11-8-4-1-2-5-9(8)17(15,16)7-3-6-14-10(12)13/h1-2,4-5H,3,6-7H2,(H4,12,13,14). The first-order chi connectivity index (χ1) is 7.93.